The molecule has 1 unspecified atom stereocenters. The summed E-state index contributed by atoms with van der Waals surface area (Å²) in [7, 11) is 0. The molecule has 1 atom stereocenters. The third-order valence-corrected chi connectivity index (χ3v) is 3.42. The fraction of sp³-hybridized carbons (Fsp3) is 0.500. The monoisotopic (exact) mass is 249 g/mol. The van der Waals surface area contributed by atoms with Gasteiger partial charge in [-0.25, -0.2) is 0 Å². The molecule has 1 heterocycles. The van der Waals surface area contributed by atoms with Gasteiger partial charge in [0.2, 0.25) is 0 Å². The first kappa shape index (κ1) is 13.1. The summed E-state index contributed by atoms with van der Waals surface area (Å²) in [6, 6.07) is 9.56. The van der Waals surface area contributed by atoms with Gasteiger partial charge >= 0.3 is 5.97 Å². The Bertz CT molecular complexity index is 410. The number of hydrogen-bond acceptors (Lipinski definition) is 3. The summed E-state index contributed by atoms with van der Waals surface area (Å²) in [4.78, 5) is 12.6. The predicted molar refractivity (Wildman–Crippen MR) is 68.2 cm³/mol. The number of carbonyl (C=O) groups is 1. The number of aliphatic carboxylic acids is 1. The van der Waals surface area contributed by atoms with E-state index in [9.17, 15) is 9.90 Å². The van der Waals surface area contributed by atoms with Gasteiger partial charge in [0, 0.05) is 19.6 Å². The summed E-state index contributed by atoms with van der Waals surface area (Å²) < 4.78 is 0. The van der Waals surface area contributed by atoms with Crippen LogP contribution in [0.5, 0.6) is 0 Å². The Balaban J connectivity index is 1.86. The molecule has 4 nitrogen and oxygen atoms in total. The molecule has 2 rings (SSSR count). The molecule has 0 aliphatic carbocycles. The van der Waals surface area contributed by atoms with Crippen LogP contribution in [0.3, 0.4) is 0 Å². The highest BCUT2D eigenvalue weighted by Gasteiger charge is 2.34. The van der Waals surface area contributed by atoms with Crippen LogP contribution in [0.25, 0.3) is 0 Å². The van der Waals surface area contributed by atoms with E-state index in [-0.39, 0.29) is 12.3 Å². The third kappa shape index (κ3) is 3.09. The van der Waals surface area contributed by atoms with Crippen LogP contribution in [-0.4, -0.2) is 40.7 Å². The molecule has 0 bridgehead atoms. The highest BCUT2D eigenvalue weighted by Crippen LogP contribution is 2.26. The SMILES string of the molecule is CC(O)(CN1CC(CC(=O)O)C1)c1ccccc1. The number of benzene rings is 1. The third-order valence-electron chi connectivity index (χ3n) is 3.42. The second-order valence-electron chi connectivity index (χ2n) is 5.30. The molecule has 1 aliphatic rings. The van der Waals surface area contributed by atoms with Crippen molar-refractivity contribution in [2.75, 3.05) is 19.6 Å². The van der Waals surface area contributed by atoms with Crippen molar-refractivity contribution in [3.05, 3.63) is 35.9 Å². The minimum Gasteiger partial charge on any atom is -0.481 e. The van der Waals surface area contributed by atoms with Crippen molar-refractivity contribution in [2.24, 2.45) is 5.92 Å². The van der Waals surface area contributed by atoms with Gasteiger partial charge < -0.3 is 10.2 Å². The van der Waals surface area contributed by atoms with Gasteiger partial charge in [-0.2, -0.15) is 0 Å². The maximum Gasteiger partial charge on any atom is 0.303 e. The second-order valence-corrected chi connectivity index (χ2v) is 5.30. The maximum atomic E-state index is 10.5. The van der Waals surface area contributed by atoms with E-state index >= 15 is 0 Å². The number of aliphatic hydroxyl groups is 1. The van der Waals surface area contributed by atoms with Gasteiger partial charge in [-0.1, -0.05) is 30.3 Å². The van der Waals surface area contributed by atoms with Crippen molar-refractivity contribution in [3.8, 4) is 0 Å². The lowest BCUT2D eigenvalue weighted by molar-refractivity contribution is -0.139. The molecule has 98 valence electrons. The lowest BCUT2D eigenvalue weighted by Crippen LogP contribution is -2.52. The summed E-state index contributed by atoms with van der Waals surface area (Å²) in [5.74, 6) is -0.511. The van der Waals surface area contributed by atoms with Gasteiger partial charge in [0.25, 0.3) is 0 Å². The normalized spacial score (nSPS) is 20.1. The smallest absolute Gasteiger partial charge is 0.303 e. The van der Waals surface area contributed by atoms with Crippen molar-refractivity contribution in [2.45, 2.75) is 18.9 Å². The number of likely N-dealkylation sites (tertiary alicyclic amines) is 1. The fourth-order valence-electron chi connectivity index (χ4n) is 2.51. The van der Waals surface area contributed by atoms with Crippen molar-refractivity contribution in [1.29, 1.82) is 0 Å². The predicted octanol–water partition coefficient (Wildman–Crippen LogP) is 1.30. The summed E-state index contributed by atoms with van der Waals surface area (Å²) in [6.45, 7) is 3.87. The zero-order valence-electron chi connectivity index (χ0n) is 10.5. The highest BCUT2D eigenvalue weighted by atomic mass is 16.4. The summed E-state index contributed by atoms with van der Waals surface area (Å²) in [5, 5.41) is 19.1. The summed E-state index contributed by atoms with van der Waals surface area (Å²) in [5.41, 5.74) is 0.0156. The van der Waals surface area contributed by atoms with E-state index < -0.39 is 11.6 Å². The average Bonchev–Trinajstić information content (AvgIpc) is 2.26. The number of carboxylic acid groups (broad SMARTS) is 1. The van der Waals surface area contributed by atoms with E-state index in [4.69, 9.17) is 5.11 Å². The molecule has 1 saturated heterocycles. The van der Waals surface area contributed by atoms with Crippen molar-refractivity contribution >= 4 is 5.97 Å². The molecular weight excluding hydrogens is 230 g/mol. The van der Waals surface area contributed by atoms with Gasteiger partial charge in [-0.3, -0.25) is 9.69 Å². The van der Waals surface area contributed by atoms with Gasteiger partial charge in [0.15, 0.2) is 0 Å². The molecule has 1 fully saturated rings. The Morgan fingerprint density at radius 3 is 2.56 bits per heavy atom. The van der Waals surface area contributed by atoms with Crippen LogP contribution in [0.4, 0.5) is 0 Å². The molecule has 1 aromatic carbocycles. The summed E-state index contributed by atoms with van der Waals surface area (Å²) >= 11 is 0. The molecule has 2 N–H and O–H groups in total. The molecule has 0 saturated carbocycles. The lowest BCUT2D eigenvalue weighted by Gasteiger charge is -2.42. The molecule has 0 amide bonds. The minimum atomic E-state index is -0.880. The van der Waals surface area contributed by atoms with Crippen LogP contribution in [0.1, 0.15) is 18.9 Å². The van der Waals surface area contributed by atoms with Gasteiger partial charge in [0.1, 0.15) is 0 Å². The first-order valence-corrected chi connectivity index (χ1v) is 6.19. The van der Waals surface area contributed by atoms with E-state index in [0.717, 1.165) is 18.7 Å². The van der Waals surface area contributed by atoms with Crippen LogP contribution in [0, 0.1) is 5.92 Å². The molecule has 0 spiro atoms. The Morgan fingerprint density at radius 2 is 2.00 bits per heavy atom. The van der Waals surface area contributed by atoms with Crippen LogP contribution in [-0.2, 0) is 10.4 Å². The van der Waals surface area contributed by atoms with E-state index in [1.165, 1.54) is 0 Å². The number of rotatable bonds is 5. The van der Waals surface area contributed by atoms with Crippen molar-refractivity contribution < 1.29 is 15.0 Å². The molecule has 0 aromatic heterocycles. The van der Waals surface area contributed by atoms with Gasteiger partial charge in [0.05, 0.1) is 12.0 Å². The largest absolute Gasteiger partial charge is 0.481 e. The van der Waals surface area contributed by atoms with Gasteiger partial charge in [-0.15, -0.1) is 0 Å². The maximum absolute atomic E-state index is 10.5. The zero-order chi connectivity index (χ0) is 13.2. The van der Waals surface area contributed by atoms with E-state index in [2.05, 4.69) is 4.90 Å². The van der Waals surface area contributed by atoms with Crippen LogP contribution in [0.15, 0.2) is 30.3 Å². The first-order valence-electron chi connectivity index (χ1n) is 6.19. The molecule has 0 radical (unpaired) electrons. The Morgan fingerprint density at radius 1 is 1.39 bits per heavy atom. The van der Waals surface area contributed by atoms with E-state index in [1.807, 2.05) is 30.3 Å². The lowest BCUT2D eigenvalue weighted by atomic mass is 9.90. The van der Waals surface area contributed by atoms with E-state index in [1.54, 1.807) is 6.92 Å². The minimum absolute atomic E-state index is 0.226. The molecule has 1 aromatic rings. The van der Waals surface area contributed by atoms with Crippen LogP contribution >= 0.6 is 0 Å². The number of β-amino-alcohol motifs (C(OH)–C–C–N with tert-alkyl or cyclic N) is 1. The molecule has 4 heteroatoms. The van der Waals surface area contributed by atoms with Crippen LogP contribution in [0.2, 0.25) is 0 Å². The van der Waals surface area contributed by atoms with Crippen molar-refractivity contribution in [1.82, 2.24) is 4.90 Å². The Kier molecular flexibility index (Phi) is 3.68. The van der Waals surface area contributed by atoms with Crippen molar-refractivity contribution in [3.63, 3.8) is 0 Å². The van der Waals surface area contributed by atoms with E-state index in [0.29, 0.717) is 6.54 Å². The number of nitrogens with zero attached hydrogens (tertiary/aromatic N) is 1. The topological polar surface area (TPSA) is 60.8 Å². The molecule has 1 aliphatic heterocycles. The molecular formula is C14H19NO3. The Labute approximate surface area is 107 Å². The number of carboxylic acids is 1. The van der Waals surface area contributed by atoms with Crippen LogP contribution < -0.4 is 0 Å². The quantitative estimate of drug-likeness (QED) is 0.825. The average molecular weight is 249 g/mol. The second kappa shape index (κ2) is 5.08. The molecule has 18 heavy (non-hydrogen) atoms. The highest BCUT2D eigenvalue weighted by molar-refractivity contribution is 5.67. The summed E-state index contributed by atoms with van der Waals surface area (Å²) in [6.07, 6.45) is 0.226. The number of hydrogen-bond donors (Lipinski definition) is 2. The Hall–Kier alpha value is -1.39. The zero-order valence-corrected chi connectivity index (χ0v) is 10.5. The van der Waals surface area contributed by atoms with Gasteiger partial charge in [-0.05, 0) is 18.4 Å². The first-order chi connectivity index (χ1) is 8.47. The fourth-order valence-corrected chi connectivity index (χ4v) is 2.51. The standard InChI is InChI=1S/C14H19NO3/c1-14(18,12-5-3-2-4-6-12)10-15-8-11(9-15)7-13(16)17/h2-6,11,18H,7-10H2,1H3,(H,16,17).